The lowest BCUT2D eigenvalue weighted by Crippen LogP contribution is -2.40. The molecule has 1 aliphatic heterocycles. The number of nitrogens with zero attached hydrogens (tertiary/aromatic N) is 2. The minimum atomic E-state index is -3.65. The van der Waals surface area contributed by atoms with Gasteiger partial charge < -0.3 is 9.15 Å². The van der Waals surface area contributed by atoms with E-state index in [4.69, 9.17) is 9.15 Å². The summed E-state index contributed by atoms with van der Waals surface area (Å²) in [5.41, 5.74) is 2.54. The number of furan rings is 1. The standard InChI is InChI=1S/C16H17N3O5S/c20-16(18-17-12-14-4-2-8-24-14)13-3-1-5-15(11-13)25(21,22)19-6-9-23-10-7-19/h1-5,8,11-12H,6-7,9-10H2,(H,18,20)/b17-12+. The van der Waals surface area contributed by atoms with E-state index in [9.17, 15) is 13.2 Å². The quantitative estimate of drug-likeness (QED) is 0.632. The van der Waals surface area contributed by atoms with Gasteiger partial charge in [-0.2, -0.15) is 9.41 Å². The van der Waals surface area contributed by atoms with Crippen LogP contribution < -0.4 is 5.43 Å². The van der Waals surface area contributed by atoms with Crippen molar-refractivity contribution < 1.29 is 22.4 Å². The zero-order valence-corrected chi connectivity index (χ0v) is 14.1. The van der Waals surface area contributed by atoms with Gasteiger partial charge in [0.2, 0.25) is 10.0 Å². The van der Waals surface area contributed by atoms with Crippen molar-refractivity contribution in [2.75, 3.05) is 26.3 Å². The third-order valence-corrected chi connectivity index (χ3v) is 5.50. The molecule has 1 aromatic carbocycles. The lowest BCUT2D eigenvalue weighted by Gasteiger charge is -2.26. The second-order valence-corrected chi connectivity index (χ2v) is 7.20. The Hall–Kier alpha value is -2.49. The number of morpholine rings is 1. The minimum Gasteiger partial charge on any atom is -0.463 e. The van der Waals surface area contributed by atoms with Crippen LogP contribution in [0.4, 0.5) is 0 Å². The molecule has 2 heterocycles. The van der Waals surface area contributed by atoms with Crippen LogP contribution in [0, 0.1) is 0 Å². The van der Waals surface area contributed by atoms with E-state index in [0.717, 1.165) is 0 Å². The predicted octanol–water partition coefficient (Wildman–Crippen LogP) is 1.06. The second kappa shape index (κ2) is 7.60. The number of ether oxygens (including phenoxy) is 1. The maximum atomic E-state index is 12.6. The monoisotopic (exact) mass is 363 g/mol. The molecule has 0 saturated carbocycles. The molecule has 0 atom stereocenters. The van der Waals surface area contributed by atoms with Crippen molar-refractivity contribution in [2.45, 2.75) is 4.90 Å². The molecular weight excluding hydrogens is 346 g/mol. The van der Waals surface area contributed by atoms with E-state index >= 15 is 0 Å². The molecule has 8 nitrogen and oxygen atoms in total. The van der Waals surface area contributed by atoms with Gasteiger partial charge in [0.15, 0.2) is 0 Å². The summed E-state index contributed by atoms with van der Waals surface area (Å²) in [4.78, 5) is 12.2. The first-order chi connectivity index (χ1) is 12.1. The van der Waals surface area contributed by atoms with Gasteiger partial charge in [-0.3, -0.25) is 4.79 Å². The Morgan fingerprint density at radius 3 is 2.72 bits per heavy atom. The third-order valence-electron chi connectivity index (χ3n) is 3.61. The molecule has 1 fully saturated rings. The van der Waals surface area contributed by atoms with Gasteiger partial charge in [0, 0.05) is 18.7 Å². The van der Waals surface area contributed by atoms with Crippen molar-refractivity contribution in [1.82, 2.24) is 9.73 Å². The Morgan fingerprint density at radius 2 is 2.00 bits per heavy atom. The molecule has 0 aliphatic carbocycles. The van der Waals surface area contributed by atoms with Crippen LogP contribution in [-0.4, -0.2) is 51.1 Å². The SMILES string of the molecule is O=C(N/N=C/c1ccco1)c1cccc(S(=O)(=O)N2CCOCC2)c1. The van der Waals surface area contributed by atoms with Gasteiger partial charge >= 0.3 is 0 Å². The summed E-state index contributed by atoms with van der Waals surface area (Å²) < 4.78 is 36.8. The highest BCUT2D eigenvalue weighted by Crippen LogP contribution is 2.18. The van der Waals surface area contributed by atoms with Gasteiger partial charge in [-0.25, -0.2) is 13.8 Å². The summed E-state index contributed by atoms with van der Waals surface area (Å²) in [6.07, 6.45) is 2.84. The van der Waals surface area contributed by atoms with Crippen LogP contribution in [0.25, 0.3) is 0 Å². The first-order valence-electron chi connectivity index (χ1n) is 7.62. The van der Waals surface area contributed by atoms with Crippen molar-refractivity contribution in [3.8, 4) is 0 Å². The molecule has 1 amide bonds. The predicted molar refractivity (Wildman–Crippen MR) is 89.8 cm³/mol. The smallest absolute Gasteiger partial charge is 0.271 e. The van der Waals surface area contributed by atoms with Gasteiger partial charge in [-0.05, 0) is 30.3 Å². The van der Waals surface area contributed by atoms with E-state index < -0.39 is 15.9 Å². The maximum absolute atomic E-state index is 12.6. The van der Waals surface area contributed by atoms with Crippen LogP contribution in [0.5, 0.6) is 0 Å². The minimum absolute atomic E-state index is 0.0667. The molecule has 1 saturated heterocycles. The summed E-state index contributed by atoms with van der Waals surface area (Å²) in [6, 6.07) is 9.24. The van der Waals surface area contributed by atoms with Crippen LogP contribution in [-0.2, 0) is 14.8 Å². The van der Waals surface area contributed by atoms with Gasteiger partial charge in [-0.15, -0.1) is 0 Å². The Balaban J connectivity index is 1.73. The van der Waals surface area contributed by atoms with E-state index in [1.54, 1.807) is 12.1 Å². The molecule has 0 unspecified atom stereocenters. The second-order valence-electron chi connectivity index (χ2n) is 5.26. The van der Waals surface area contributed by atoms with Crippen LogP contribution in [0.2, 0.25) is 0 Å². The number of sulfonamides is 1. The summed E-state index contributed by atoms with van der Waals surface area (Å²) in [5.74, 6) is -0.0224. The number of carbonyl (C=O) groups is 1. The van der Waals surface area contributed by atoms with Crippen LogP contribution >= 0.6 is 0 Å². The number of hydrogen-bond acceptors (Lipinski definition) is 6. The van der Waals surface area contributed by atoms with Crippen molar-refractivity contribution in [3.05, 3.63) is 54.0 Å². The van der Waals surface area contributed by atoms with E-state index in [1.165, 1.54) is 41.0 Å². The molecule has 0 bridgehead atoms. The Morgan fingerprint density at radius 1 is 1.20 bits per heavy atom. The number of hydrogen-bond donors (Lipinski definition) is 1. The molecule has 1 aromatic heterocycles. The van der Waals surface area contributed by atoms with E-state index in [0.29, 0.717) is 32.1 Å². The zero-order valence-electron chi connectivity index (χ0n) is 13.3. The van der Waals surface area contributed by atoms with Crippen LogP contribution in [0.1, 0.15) is 16.1 Å². The molecule has 1 N–H and O–H groups in total. The average molecular weight is 363 g/mol. The normalized spacial score (nSPS) is 16.2. The topological polar surface area (TPSA) is 101 Å². The largest absolute Gasteiger partial charge is 0.463 e. The highest BCUT2D eigenvalue weighted by Gasteiger charge is 2.26. The number of nitrogens with one attached hydrogen (secondary N) is 1. The molecule has 25 heavy (non-hydrogen) atoms. The fraction of sp³-hybridized carbons (Fsp3) is 0.250. The maximum Gasteiger partial charge on any atom is 0.271 e. The van der Waals surface area contributed by atoms with Gasteiger partial charge in [0.25, 0.3) is 5.91 Å². The Kier molecular flexibility index (Phi) is 5.27. The van der Waals surface area contributed by atoms with Gasteiger partial charge in [-0.1, -0.05) is 6.07 Å². The van der Waals surface area contributed by atoms with E-state index in [-0.39, 0.29) is 10.5 Å². The molecule has 0 radical (unpaired) electrons. The highest BCUT2D eigenvalue weighted by atomic mass is 32.2. The fourth-order valence-corrected chi connectivity index (χ4v) is 3.77. The molecule has 3 rings (SSSR count). The van der Waals surface area contributed by atoms with Crippen LogP contribution in [0.15, 0.2) is 57.1 Å². The Bertz CT molecular complexity index is 856. The Labute approximate surface area is 145 Å². The lowest BCUT2D eigenvalue weighted by molar-refractivity contribution is 0.0730. The summed E-state index contributed by atoms with van der Waals surface area (Å²) in [5, 5.41) is 3.78. The first-order valence-corrected chi connectivity index (χ1v) is 9.06. The molecule has 1 aliphatic rings. The molecule has 9 heteroatoms. The number of carbonyl (C=O) groups excluding carboxylic acids is 1. The van der Waals surface area contributed by atoms with Gasteiger partial charge in [0.1, 0.15) is 5.76 Å². The molecule has 132 valence electrons. The average Bonchev–Trinajstić information content (AvgIpc) is 3.16. The lowest BCUT2D eigenvalue weighted by atomic mass is 10.2. The molecular formula is C16H17N3O5S. The number of amides is 1. The third kappa shape index (κ3) is 4.13. The van der Waals surface area contributed by atoms with Crippen molar-refractivity contribution in [3.63, 3.8) is 0 Å². The van der Waals surface area contributed by atoms with Crippen molar-refractivity contribution >= 4 is 22.1 Å². The molecule has 0 spiro atoms. The van der Waals surface area contributed by atoms with Crippen molar-refractivity contribution in [1.29, 1.82) is 0 Å². The van der Waals surface area contributed by atoms with E-state index in [1.807, 2.05) is 0 Å². The van der Waals surface area contributed by atoms with Crippen LogP contribution in [0.3, 0.4) is 0 Å². The van der Waals surface area contributed by atoms with E-state index in [2.05, 4.69) is 10.5 Å². The van der Waals surface area contributed by atoms with Crippen molar-refractivity contribution in [2.24, 2.45) is 5.10 Å². The summed E-state index contributed by atoms with van der Waals surface area (Å²) in [7, 11) is -3.65. The number of benzene rings is 1. The number of hydrazone groups is 1. The first kappa shape index (κ1) is 17.3. The number of rotatable bonds is 5. The van der Waals surface area contributed by atoms with Gasteiger partial charge in [0.05, 0.1) is 30.6 Å². The fourth-order valence-electron chi connectivity index (χ4n) is 2.32. The summed E-state index contributed by atoms with van der Waals surface area (Å²) in [6.45, 7) is 1.32. The highest BCUT2D eigenvalue weighted by molar-refractivity contribution is 7.89. The molecule has 2 aromatic rings. The summed E-state index contributed by atoms with van der Waals surface area (Å²) >= 11 is 0. The zero-order chi connectivity index (χ0) is 17.7.